The molecule has 0 bridgehead atoms. The summed E-state index contributed by atoms with van der Waals surface area (Å²) in [6, 6.07) is 6.74. The standard InChI is InChI=1S/C23H30N2O5/c1-14-6-4-9-20(15(14)2)25-12-18(11-22(25)28)23(29)30-13-21(27)24-19-8-5-7-17(10-19)16(3)26/h5,7-8,10,14-15,18,20H,4,6,9,11-13H2,1-3H3,(H,24,27)/t14-,15+,18+,20-/m0/s1. The Labute approximate surface area is 177 Å². The molecule has 1 aromatic carbocycles. The fourth-order valence-electron chi connectivity index (χ4n) is 4.47. The summed E-state index contributed by atoms with van der Waals surface area (Å²) in [5, 5.41) is 2.62. The van der Waals surface area contributed by atoms with Gasteiger partial charge in [0.25, 0.3) is 5.91 Å². The minimum atomic E-state index is -0.532. The van der Waals surface area contributed by atoms with E-state index in [1.54, 1.807) is 24.3 Å². The number of rotatable bonds is 6. The Bertz CT molecular complexity index is 837. The van der Waals surface area contributed by atoms with Crippen LogP contribution in [0.3, 0.4) is 0 Å². The molecular formula is C23H30N2O5. The van der Waals surface area contributed by atoms with Gasteiger partial charge < -0.3 is 15.0 Å². The van der Waals surface area contributed by atoms with Gasteiger partial charge in [-0.15, -0.1) is 0 Å². The lowest BCUT2D eigenvalue weighted by Crippen LogP contribution is -2.45. The molecule has 2 amide bonds. The molecule has 2 aliphatic rings. The van der Waals surface area contributed by atoms with Gasteiger partial charge in [-0.2, -0.15) is 0 Å². The van der Waals surface area contributed by atoms with Crippen LogP contribution < -0.4 is 5.32 Å². The van der Waals surface area contributed by atoms with Crippen LogP contribution in [0.5, 0.6) is 0 Å². The molecule has 1 N–H and O–H groups in total. The normalized spacial score (nSPS) is 26.4. The average Bonchev–Trinajstić information content (AvgIpc) is 3.10. The van der Waals surface area contributed by atoms with Crippen LogP contribution in [-0.4, -0.2) is 47.7 Å². The third kappa shape index (κ3) is 5.07. The highest BCUT2D eigenvalue weighted by atomic mass is 16.5. The van der Waals surface area contributed by atoms with Gasteiger partial charge in [0.2, 0.25) is 5.91 Å². The van der Waals surface area contributed by atoms with E-state index in [0.717, 1.165) is 12.8 Å². The maximum atomic E-state index is 12.5. The van der Waals surface area contributed by atoms with E-state index in [9.17, 15) is 19.2 Å². The quantitative estimate of drug-likeness (QED) is 0.570. The Morgan fingerprint density at radius 2 is 1.97 bits per heavy atom. The maximum absolute atomic E-state index is 12.5. The number of hydrogen-bond acceptors (Lipinski definition) is 5. The topological polar surface area (TPSA) is 92.8 Å². The number of hydrogen-bond donors (Lipinski definition) is 1. The highest BCUT2D eigenvalue weighted by Crippen LogP contribution is 2.35. The average molecular weight is 415 g/mol. The lowest BCUT2D eigenvalue weighted by Gasteiger charge is -2.39. The SMILES string of the molecule is CC(=O)c1cccc(NC(=O)COC(=O)[C@@H]2CC(=O)N([C@H]3CCC[C@H](C)[C@H]3C)C2)c1. The van der Waals surface area contributed by atoms with Gasteiger partial charge in [0.05, 0.1) is 5.92 Å². The molecule has 7 heteroatoms. The second-order valence-electron chi connectivity index (χ2n) is 8.57. The first kappa shape index (κ1) is 22.0. The van der Waals surface area contributed by atoms with Gasteiger partial charge in [-0.05, 0) is 37.3 Å². The van der Waals surface area contributed by atoms with Gasteiger partial charge in [0.15, 0.2) is 12.4 Å². The van der Waals surface area contributed by atoms with Gasteiger partial charge in [-0.3, -0.25) is 19.2 Å². The molecule has 1 aliphatic carbocycles. The van der Waals surface area contributed by atoms with Gasteiger partial charge in [-0.1, -0.05) is 38.8 Å². The van der Waals surface area contributed by atoms with E-state index in [4.69, 9.17) is 4.74 Å². The van der Waals surface area contributed by atoms with Gasteiger partial charge in [0.1, 0.15) is 0 Å². The summed E-state index contributed by atoms with van der Waals surface area (Å²) in [7, 11) is 0. The van der Waals surface area contributed by atoms with Crippen molar-refractivity contribution in [1.29, 1.82) is 0 Å². The van der Waals surface area contributed by atoms with E-state index in [1.807, 2.05) is 4.90 Å². The highest BCUT2D eigenvalue weighted by Gasteiger charge is 2.42. The smallest absolute Gasteiger partial charge is 0.311 e. The Morgan fingerprint density at radius 3 is 2.70 bits per heavy atom. The van der Waals surface area contributed by atoms with E-state index in [0.29, 0.717) is 29.6 Å². The van der Waals surface area contributed by atoms with Crippen molar-refractivity contribution in [3.8, 4) is 0 Å². The summed E-state index contributed by atoms with van der Waals surface area (Å²) in [4.78, 5) is 50.4. The fourth-order valence-corrected chi connectivity index (χ4v) is 4.47. The molecule has 0 unspecified atom stereocenters. The molecule has 1 aromatic rings. The van der Waals surface area contributed by atoms with Crippen molar-refractivity contribution in [3.63, 3.8) is 0 Å². The van der Waals surface area contributed by atoms with Crippen molar-refractivity contribution in [3.05, 3.63) is 29.8 Å². The van der Waals surface area contributed by atoms with Crippen molar-refractivity contribution >= 4 is 29.3 Å². The number of esters is 1. The fraction of sp³-hybridized carbons (Fsp3) is 0.565. The summed E-state index contributed by atoms with van der Waals surface area (Å²) in [5.74, 6) is -0.671. The third-order valence-corrected chi connectivity index (χ3v) is 6.45. The number of nitrogens with one attached hydrogen (secondary N) is 1. The number of ether oxygens (including phenoxy) is 1. The number of likely N-dealkylation sites (tertiary alicyclic amines) is 1. The number of benzene rings is 1. The zero-order valence-corrected chi connectivity index (χ0v) is 17.8. The minimum Gasteiger partial charge on any atom is -0.455 e. The van der Waals surface area contributed by atoms with Crippen molar-refractivity contribution in [2.75, 3.05) is 18.5 Å². The predicted molar refractivity (Wildman–Crippen MR) is 112 cm³/mol. The molecule has 1 saturated carbocycles. The molecule has 0 aromatic heterocycles. The van der Waals surface area contributed by atoms with Crippen molar-refractivity contribution in [2.45, 2.75) is 52.5 Å². The minimum absolute atomic E-state index is 0.00611. The lowest BCUT2D eigenvalue weighted by molar-refractivity contribution is -0.151. The summed E-state index contributed by atoms with van der Waals surface area (Å²) in [5.41, 5.74) is 0.951. The first-order valence-electron chi connectivity index (χ1n) is 10.6. The largest absolute Gasteiger partial charge is 0.455 e. The van der Waals surface area contributed by atoms with Gasteiger partial charge in [-0.25, -0.2) is 0 Å². The van der Waals surface area contributed by atoms with Crippen LogP contribution in [-0.2, 0) is 19.1 Å². The number of carbonyl (C=O) groups is 4. The molecule has 1 aliphatic heterocycles. The molecule has 0 radical (unpaired) electrons. The highest BCUT2D eigenvalue weighted by molar-refractivity contribution is 5.97. The number of anilines is 1. The number of carbonyl (C=O) groups excluding carboxylic acids is 4. The molecule has 7 nitrogen and oxygen atoms in total. The van der Waals surface area contributed by atoms with Gasteiger partial charge in [0, 0.05) is 30.3 Å². The number of ketones is 1. The van der Waals surface area contributed by atoms with Crippen molar-refractivity contribution in [1.82, 2.24) is 4.90 Å². The Morgan fingerprint density at radius 1 is 1.20 bits per heavy atom. The number of nitrogens with zero attached hydrogens (tertiary/aromatic N) is 1. The zero-order valence-electron chi connectivity index (χ0n) is 17.8. The summed E-state index contributed by atoms with van der Waals surface area (Å²) in [6.07, 6.45) is 3.38. The van der Waals surface area contributed by atoms with Crippen LogP contribution in [0.4, 0.5) is 5.69 Å². The predicted octanol–water partition coefficient (Wildman–Crippen LogP) is 3.04. The molecule has 0 spiro atoms. The first-order chi connectivity index (χ1) is 14.3. The van der Waals surface area contributed by atoms with E-state index in [-0.39, 0.29) is 24.2 Å². The Kier molecular flexibility index (Phi) is 6.90. The third-order valence-electron chi connectivity index (χ3n) is 6.45. The molecule has 2 fully saturated rings. The maximum Gasteiger partial charge on any atom is 0.311 e. The molecule has 4 atom stereocenters. The summed E-state index contributed by atoms with van der Waals surface area (Å²) < 4.78 is 5.17. The van der Waals surface area contributed by atoms with E-state index >= 15 is 0 Å². The molecule has 1 saturated heterocycles. The first-order valence-corrected chi connectivity index (χ1v) is 10.6. The Hall–Kier alpha value is -2.70. The van der Waals surface area contributed by atoms with E-state index < -0.39 is 24.4 Å². The monoisotopic (exact) mass is 414 g/mol. The van der Waals surface area contributed by atoms with E-state index in [2.05, 4.69) is 19.2 Å². The summed E-state index contributed by atoms with van der Waals surface area (Å²) >= 11 is 0. The Balaban J connectivity index is 1.50. The molecule has 3 rings (SSSR count). The molecular weight excluding hydrogens is 384 g/mol. The lowest BCUT2D eigenvalue weighted by atomic mass is 9.77. The van der Waals surface area contributed by atoms with Crippen LogP contribution in [0.2, 0.25) is 0 Å². The zero-order chi connectivity index (χ0) is 21.8. The second kappa shape index (κ2) is 9.41. The van der Waals surface area contributed by atoms with Crippen molar-refractivity contribution in [2.24, 2.45) is 17.8 Å². The second-order valence-corrected chi connectivity index (χ2v) is 8.57. The van der Waals surface area contributed by atoms with Crippen LogP contribution in [0.25, 0.3) is 0 Å². The van der Waals surface area contributed by atoms with E-state index in [1.165, 1.54) is 13.3 Å². The van der Waals surface area contributed by atoms with Crippen molar-refractivity contribution < 1.29 is 23.9 Å². The van der Waals surface area contributed by atoms with Crippen LogP contribution in [0.15, 0.2) is 24.3 Å². The summed E-state index contributed by atoms with van der Waals surface area (Å²) in [6.45, 7) is 5.78. The molecule has 1 heterocycles. The van der Waals surface area contributed by atoms with Gasteiger partial charge >= 0.3 is 5.97 Å². The van der Waals surface area contributed by atoms with Crippen LogP contribution in [0.1, 0.15) is 56.8 Å². The molecule has 162 valence electrons. The molecule has 30 heavy (non-hydrogen) atoms. The number of Topliss-reactive ketones (excluding diaryl/α,β-unsaturated/α-hetero) is 1. The van der Waals surface area contributed by atoms with Crippen LogP contribution >= 0.6 is 0 Å². The van der Waals surface area contributed by atoms with Crippen LogP contribution in [0, 0.1) is 17.8 Å². The number of amides is 2.